The van der Waals surface area contributed by atoms with Gasteiger partial charge in [-0.15, -0.1) is 11.3 Å². The van der Waals surface area contributed by atoms with E-state index in [9.17, 15) is 19.7 Å². The second-order valence-corrected chi connectivity index (χ2v) is 9.00. The van der Waals surface area contributed by atoms with Crippen LogP contribution in [0.2, 0.25) is 0 Å². The molecule has 0 bridgehead atoms. The average molecular weight is 481 g/mol. The Morgan fingerprint density at radius 1 is 1.18 bits per heavy atom. The zero-order chi connectivity index (χ0) is 24.1. The van der Waals surface area contributed by atoms with Gasteiger partial charge in [-0.25, -0.2) is 9.78 Å². The number of hydrogen-bond acceptors (Lipinski definition) is 8. The van der Waals surface area contributed by atoms with E-state index in [0.717, 1.165) is 31.5 Å². The molecule has 10 heteroatoms. The molecule has 0 atom stereocenters. The SMILES string of the molecule is Cc1ccc(NC(=O)Cc2nc(COC(=O)c3cc([N+](=O)[O-])ccc3N3CCCC3)cs2)cc1. The summed E-state index contributed by atoms with van der Waals surface area (Å²) >= 11 is 1.31. The van der Waals surface area contributed by atoms with Gasteiger partial charge in [-0.1, -0.05) is 17.7 Å². The first-order valence-electron chi connectivity index (χ1n) is 10.9. The first kappa shape index (κ1) is 23.4. The summed E-state index contributed by atoms with van der Waals surface area (Å²) in [5, 5.41) is 16.4. The molecule has 1 N–H and O–H groups in total. The molecule has 9 nitrogen and oxygen atoms in total. The third-order valence-corrected chi connectivity index (χ3v) is 6.35. The number of esters is 1. The Balaban J connectivity index is 1.38. The number of aromatic nitrogens is 1. The van der Waals surface area contributed by atoms with Crippen LogP contribution in [0.1, 0.15) is 39.5 Å². The molecule has 176 valence electrons. The minimum absolute atomic E-state index is 0.0863. The number of aryl methyl sites for hydroxylation is 1. The maximum atomic E-state index is 12.8. The van der Waals surface area contributed by atoms with Crippen LogP contribution in [0.15, 0.2) is 47.8 Å². The number of carbonyl (C=O) groups excluding carboxylic acids is 2. The largest absolute Gasteiger partial charge is 0.455 e. The standard InChI is InChI=1S/C24H24N4O5S/c1-16-4-6-17(7-5-16)25-22(29)13-23-26-18(15-34-23)14-33-24(30)20-12-19(28(31)32)8-9-21(20)27-10-2-3-11-27/h4-9,12,15H,2-3,10-11,13-14H2,1H3,(H,25,29). The molecule has 0 unspecified atom stereocenters. The Morgan fingerprint density at radius 3 is 2.62 bits per heavy atom. The van der Waals surface area contributed by atoms with Crippen molar-refractivity contribution >= 4 is 40.3 Å². The van der Waals surface area contributed by atoms with Gasteiger partial charge in [0.1, 0.15) is 11.6 Å². The van der Waals surface area contributed by atoms with Crippen molar-refractivity contribution in [3.8, 4) is 0 Å². The molecule has 3 aromatic rings. The van der Waals surface area contributed by atoms with Crippen LogP contribution in [-0.4, -0.2) is 34.9 Å². The maximum absolute atomic E-state index is 12.8. The fourth-order valence-electron chi connectivity index (χ4n) is 3.73. The van der Waals surface area contributed by atoms with Gasteiger partial charge in [0.2, 0.25) is 5.91 Å². The van der Waals surface area contributed by atoms with Crippen molar-refractivity contribution in [3.63, 3.8) is 0 Å². The molecule has 1 saturated heterocycles. The molecule has 1 amide bonds. The van der Waals surface area contributed by atoms with Crippen molar-refractivity contribution in [1.29, 1.82) is 0 Å². The number of nitro benzene ring substituents is 1. The quantitative estimate of drug-likeness (QED) is 0.287. The van der Waals surface area contributed by atoms with Crippen molar-refractivity contribution in [2.45, 2.75) is 32.8 Å². The molecule has 1 aliphatic rings. The summed E-state index contributed by atoms with van der Waals surface area (Å²) in [6.45, 7) is 3.47. The number of carbonyl (C=O) groups is 2. The molecule has 34 heavy (non-hydrogen) atoms. The number of non-ortho nitro benzene ring substituents is 1. The third-order valence-electron chi connectivity index (χ3n) is 5.46. The van der Waals surface area contributed by atoms with Gasteiger partial charge in [-0.3, -0.25) is 14.9 Å². The number of nitrogens with one attached hydrogen (secondary N) is 1. The van der Waals surface area contributed by atoms with E-state index in [1.165, 1.54) is 23.5 Å². The lowest BCUT2D eigenvalue weighted by Gasteiger charge is -2.20. The lowest BCUT2D eigenvalue weighted by Crippen LogP contribution is -2.21. The number of nitrogens with zero attached hydrogens (tertiary/aromatic N) is 3. The number of anilines is 2. The summed E-state index contributed by atoms with van der Waals surface area (Å²) in [4.78, 5) is 42.2. The minimum atomic E-state index is -0.641. The van der Waals surface area contributed by atoms with Gasteiger partial charge in [0.25, 0.3) is 5.69 Å². The van der Waals surface area contributed by atoms with E-state index in [2.05, 4.69) is 10.3 Å². The highest BCUT2D eigenvalue weighted by Gasteiger charge is 2.23. The summed E-state index contributed by atoms with van der Waals surface area (Å²) in [7, 11) is 0. The maximum Gasteiger partial charge on any atom is 0.340 e. The molecule has 2 heterocycles. The van der Waals surface area contributed by atoms with Crippen LogP contribution in [0.5, 0.6) is 0 Å². The summed E-state index contributed by atoms with van der Waals surface area (Å²) in [5.41, 5.74) is 2.99. The van der Waals surface area contributed by atoms with Crippen LogP contribution in [0.4, 0.5) is 17.1 Å². The van der Waals surface area contributed by atoms with Crippen LogP contribution in [0, 0.1) is 17.0 Å². The third kappa shape index (κ3) is 5.76. The second kappa shape index (κ2) is 10.4. The summed E-state index contributed by atoms with van der Waals surface area (Å²) < 4.78 is 5.43. The molecule has 0 aliphatic carbocycles. The lowest BCUT2D eigenvalue weighted by molar-refractivity contribution is -0.384. The van der Waals surface area contributed by atoms with E-state index in [1.54, 1.807) is 11.4 Å². The molecule has 0 saturated carbocycles. The van der Waals surface area contributed by atoms with E-state index >= 15 is 0 Å². The number of rotatable bonds is 8. The van der Waals surface area contributed by atoms with E-state index in [4.69, 9.17) is 4.74 Å². The fourth-order valence-corrected chi connectivity index (χ4v) is 4.51. The average Bonchev–Trinajstić information content (AvgIpc) is 3.51. The minimum Gasteiger partial charge on any atom is -0.455 e. The van der Waals surface area contributed by atoms with Gasteiger partial charge in [-0.05, 0) is 38.0 Å². The Hall–Kier alpha value is -3.79. The zero-order valence-electron chi connectivity index (χ0n) is 18.7. The van der Waals surface area contributed by atoms with Crippen LogP contribution in [0.3, 0.4) is 0 Å². The van der Waals surface area contributed by atoms with Crippen molar-refractivity contribution in [2.75, 3.05) is 23.3 Å². The number of hydrogen-bond donors (Lipinski definition) is 1. The summed E-state index contributed by atoms with van der Waals surface area (Å²) in [5.74, 6) is -0.828. The first-order chi connectivity index (χ1) is 16.4. The van der Waals surface area contributed by atoms with Gasteiger partial charge in [0.05, 0.1) is 28.3 Å². The Bertz CT molecular complexity index is 1200. The van der Waals surface area contributed by atoms with Crippen molar-refractivity contribution < 1.29 is 19.2 Å². The fraction of sp³-hybridized carbons (Fsp3) is 0.292. The van der Waals surface area contributed by atoms with Gasteiger partial charge < -0.3 is 15.0 Å². The van der Waals surface area contributed by atoms with Gasteiger partial charge in [0.15, 0.2) is 0 Å². The number of thiazole rings is 1. The van der Waals surface area contributed by atoms with E-state index in [0.29, 0.717) is 22.1 Å². The molecule has 0 spiro atoms. The van der Waals surface area contributed by atoms with Gasteiger partial charge >= 0.3 is 5.97 Å². The molecule has 4 rings (SSSR count). The zero-order valence-corrected chi connectivity index (χ0v) is 19.5. The lowest BCUT2D eigenvalue weighted by atomic mass is 10.1. The highest BCUT2D eigenvalue weighted by molar-refractivity contribution is 7.09. The Labute approximate surface area is 200 Å². The number of amides is 1. The summed E-state index contributed by atoms with van der Waals surface area (Å²) in [6.07, 6.45) is 2.12. The normalized spacial score (nSPS) is 13.0. The Kier molecular flexibility index (Phi) is 7.17. The number of benzene rings is 2. The van der Waals surface area contributed by atoms with Gasteiger partial charge in [0, 0.05) is 36.3 Å². The van der Waals surface area contributed by atoms with Crippen LogP contribution < -0.4 is 10.2 Å². The van der Waals surface area contributed by atoms with E-state index in [-0.39, 0.29) is 30.2 Å². The Morgan fingerprint density at radius 2 is 1.91 bits per heavy atom. The number of ether oxygens (including phenoxy) is 1. The molecule has 2 aromatic carbocycles. The molecule has 1 aromatic heterocycles. The first-order valence-corrected chi connectivity index (χ1v) is 11.8. The molecule has 1 aliphatic heterocycles. The van der Waals surface area contributed by atoms with Gasteiger partial charge in [-0.2, -0.15) is 0 Å². The topological polar surface area (TPSA) is 115 Å². The van der Waals surface area contributed by atoms with Crippen molar-refractivity contribution in [1.82, 2.24) is 4.98 Å². The van der Waals surface area contributed by atoms with Crippen LogP contribution in [-0.2, 0) is 22.6 Å². The number of nitro groups is 1. The van der Waals surface area contributed by atoms with Crippen LogP contribution >= 0.6 is 11.3 Å². The molecule has 0 radical (unpaired) electrons. The summed E-state index contributed by atoms with van der Waals surface area (Å²) in [6, 6.07) is 11.8. The van der Waals surface area contributed by atoms with E-state index < -0.39 is 10.9 Å². The van der Waals surface area contributed by atoms with Crippen molar-refractivity contribution in [2.24, 2.45) is 0 Å². The monoisotopic (exact) mass is 480 g/mol. The smallest absolute Gasteiger partial charge is 0.340 e. The predicted molar refractivity (Wildman–Crippen MR) is 129 cm³/mol. The predicted octanol–water partition coefficient (Wildman–Crippen LogP) is 4.50. The molecular weight excluding hydrogens is 456 g/mol. The van der Waals surface area contributed by atoms with Crippen LogP contribution in [0.25, 0.3) is 0 Å². The highest BCUT2D eigenvalue weighted by Crippen LogP contribution is 2.29. The van der Waals surface area contributed by atoms with E-state index in [1.807, 2.05) is 36.1 Å². The van der Waals surface area contributed by atoms with Crippen molar-refractivity contribution in [3.05, 3.63) is 79.8 Å². The highest BCUT2D eigenvalue weighted by atomic mass is 32.1. The molecule has 1 fully saturated rings. The molecular formula is C24H24N4O5S. The second-order valence-electron chi connectivity index (χ2n) is 8.05.